The van der Waals surface area contributed by atoms with Crippen LogP contribution in [0.4, 0.5) is 0 Å². The Kier molecular flexibility index (Phi) is 3.78. The second-order valence-corrected chi connectivity index (χ2v) is 10.3. The van der Waals surface area contributed by atoms with E-state index in [9.17, 15) is 9.59 Å². The van der Waals surface area contributed by atoms with Gasteiger partial charge in [-0.3, -0.25) is 9.59 Å². The van der Waals surface area contributed by atoms with Crippen molar-refractivity contribution in [2.24, 2.45) is 23.2 Å². The molecule has 23 heavy (non-hydrogen) atoms. The normalized spacial score (nSPS) is 42.3. The van der Waals surface area contributed by atoms with Gasteiger partial charge in [0, 0.05) is 10.4 Å². The molecule has 0 aromatic heterocycles. The Morgan fingerprint density at radius 3 is 2.43 bits per heavy atom. The quantitative estimate of drug-likeness (QED) is 0.585. The molecule has 3 atom stereocenters. The lowest BCUT2D eigenvalue weighted by molar-refractivity contribution is -0.171. The average Bonchev–Trinajstić information content (AvgIpc) is 3.26. The molecule has 5 fully saturated rings. The molecule has 5 aliphatic carbocycles. The smallest absolute Gasteiger partial charge is 0.312 e. The van der Waals surface area contributed by atoms with Crippen molar-refractivity contribution >= 4 is 27.8 Å². The van der Waals surface area contributed by atoms with Gasteiger partial charge in [-0.2, -0.15) is 0 Å². The van der Waals surface area contributed by atoms with Crippen LogP contribution in [0, 0.1) is 23.2 Å². The highest BCUT2D eigenvalue weighted by atomic mass is 79.9. The highest BCUT2D eigenvalue weighted by Crippen LogP contribution is 2.64. The Bertz CT molecular complexity index is 516. The summed E-state index contributed by atoms with van der Waals surface area (Å²) in [4.78, 5) is 24.7. The number of carbonyl (C=O) groups excluding carboxylic acids is 2. The minimum atomic E-state index is -0.337. The number of hydrogen-bond donors (Lipinski definition) is 1. The maximum atomic E-state index is 12.8. The summed E-state index contributed by atoms with van der Waals surface area (Å²) in [5.41, 5.74) is -0.337. The fourth-order valence-electron chi connectivity index (χ4n) is 5.68. The first-order chi connectivity index (χ1) is 10.9. The molecule has 0 spiro atoms. The van der Waals surface area contributed by atoms with Crippen molar-refractivity contribution in [3.05, 3.63) is 0 Å². The molecule has 5 rings (SSSR count). The standard InChI is InChI=1S/C18H26BrNO3/c1-11(14-2-3-14)20-15(21)9-23-16(22)17-5-12-4-13(6-17)8-18(19,7-12)10-17/h11-14H,2-10H2,1H3,(H,20,21)/t11-,12-,13-,17?,18?/m0/s1. The van der Waals surface area contributed by atoms with Crippen LogP contribution in [-0.2, 0) is 14.3 Å². The molecule has 5 heteroatoms. The van der Waals surface area contributed by atoms with E-state index in [1.54, 1.807) is 0 Å². The summed E-state index contributed by atoms with van der Waals surface area (Å²) in [5.74, 6) is 1.62. The average molecular weight is 384 g/mol. The SMILES string of the molecule is C[C@H](NC(=O)COC(=O)C12C[C@@H]3C[C@H](CC(Br)(C3)C1)C2)C1CC1. The van der Waals surface area contributed by atoms with Crippen LogP contribution in [-0.4, -0.2) is 28.8 Å². The summed E-state index contributed by atoms with van der Waals surface area (Å²) >= 11 is 3.91. The lowest BCUT2D eigenvalue weighted by atomic mass is 9.49. The van der Waals surface area contributed by atoms with Gasteiger partial charge in [-0.15, -0.1) is 0 Å². The maximum absolute atomic E-state index is 12.8. The van der Waals surface area contributed by atoms with Crippen molar-refractivity contribution < 1.29 is 14.3 Å². The van der Waals surface area contributed by atoms with E-state index in [1.807, 2.05) is 6.92 Å². The van der Waals surface area contributed by atoms with Crippen LogP contribution >= 0.6 is 15.9 Å². The first-order valence-electron chi connectivity index (χ1n) is 9.03. The molecule has 1 amide bonds. The molecular formula is C18H26BrNO3. The zero-order chi connectivity index (χ0) is 16.2. The third-order valence-electron chi connectivity index (χ3n) is 6.47. The molecule has 4 nitrogen and oxygen atoms in total. The molecule has 5 saturated carbocycles. The first kappa shape index (κ1) is 15.9. The van der Waals surface area contributed by atoms with Crippen molar-refractivity contribution in [2.75, 3.05) is 6.61 Å². The highest BCUT2D eigenvalue weighted by molar-refractivity contribution is 9.10. The summed E-state index contributed by atoms with van der Waals surface area (Å²) in [5, 5.41) is 2.95. The second kappa shape index (κ2) is 5.47. The highest BCUT2D eigenvalue weighted by Gasteiger charge is 2.60. The van der Waals surface area contributed by atoms with Gasteiger partial charge in [0.15, 0.2) is 6.61 Å². The summed E-state index contributed by atoms with van der Waals surface area (Å²) in [7, 11) is 0. The fourth-order valence-corrected chi connectivity index (χ4v) is 7.14. The van der Waals surface area contributed by atoms with E-state index >= 15 is 0 Å². The van der Waals surface area contributed by atoms with Crippen molar-refractivity contribution in [2.45, 2.75) is 68.7 Å². The number of ether oxygens (including phenoxy) is 1. The number of rotatable bonds is 5. The van der Waals surface area contributed by atoms with E-state index in [1.165, 1.54) is 32.1 Å². The zero-order valence-electron chi connectivity index (χ0n) is 13.8. The third kappa shape index (κ3) is 3.06. The predicted molar refractivity (Wildman–Crippen MR) is 90.1 cm³/mol. The van der Waals surface area contributed by atoms with Gasteiger partial charge in [0.1, 0.15) is 0 Å². The Morgan fingerprint density at radius 1 is 1.22 bits per heavy atom. The maximum Gasteiger partial charge on any atom is 0.312 e. The van der Waals surface area contributed by atoms with Crippen molar-refractivity contribution in [3.63, 3.8) is 0 Å². The van der Waals surface area contributed by atoms with E-state index in [2.05, 4.69) is 21.2 Å². The first-order valence-corrected chi connectivity index (χ1v) is 9.82. The van der Waals surface area contributed by atoms with Crippen molar-refractivity contribution in [3.8, 4) is 0 Å². The fraction of sp³-hybridized carbons (Fsp3) is 0.889. The van der Waals surface area contributed by atoms with Gasteiger partial charge in [0.05, 0.1) is 5.41 Å². The van der Waals surface area contributed by atoms with E-state index in [0.29, 0.717) is 17.8 Å². The minimum absolute atomic E-state index is 0.123. The van der Waals surface area contributed by atoms with Gasteiger partial charge < -0.3 is 10.1 Å². The van der Waals surface area contributed by atoms with Crippen molar-refractivity contribution in [1.29, 1.82) is 0 Å². The molecule has 5 aliphatic rings. The lowest BCUT2D eigenvalue weighted by Crippen LogP contribution is -2.56. The Balaban J connectivity index is 1.34. The van der Waals surface area contributed by atoms with Gasteiger partial charge in [0.2, 0.25) is 0 Å². The molecule has 0 radical (unpaired) electrons. The topological polar surface area (TPSA) is 55.4 Å². The van der Waals surface area contributed by atoms with Crippen LogP contribution in [0.1, 0.15) is 58.3 Å². The summed E-state index contributed by atoms with van der Waals surface area (Å²) < 4.78 is 5.60. The number of alkyl halides is 1. The summed E-state index contributed by atoms with van der Waals surface area (Å²) in [6, 6.07) is 0.201. The van der Waals surface area contributed by atoms with Crippen LogP contribution in [0.5, 0.6) is 0 Å². The Morgan fingerprint density at radius 2 is 1.87 bits per heavy atom. The van der Waals surface area contributed by atoms with Crippen LogP contribution in [0.3, 0.4) is 0 Å². The van der Waals surface area contributed by atoms with Crippen LogP contribution in [0.25, 0.3) is 0 Å². The number of esters is 1. The number of amides is 1. The lowest BCUT2D eigenvalue weighted by Gasteiger charge is -2.58. The van der Waals surface area contributed by atoms with Crippen LogP contribution in [0.2, 0.25) is 0 Å². The van der Waals surface area contributed by atoms with Crippen molar-refractivity contribution in [1.82, 2.24) is 5.32 Å². The second-order valence-electron chi connectivity index (χ2n) is 8.66. The molecule has 0 aromatic carbocycles. The Labute approximate surface area is 146 Å². The number of carbonyl (C=O) groups is 2. The molecule has 0 unspecified atom stereocenters. The summed E-state index contributed by atoms with van der Waals surface area (Å²) in [6.07, 6.45) is 8.83. The van der Waals surface area contributed by atoms with E-state index in [0.717, 1.165) is 19.3 Å². The molecule has 0 heterocycles. The summed E-state index contributed by atoms with van der Waals surface area (Å²) in [6.45, 7) is 1.91. The van der Waals surface area contributed by atoms with E-state index in [-0.39, 0.29) is 34.3 Å². The molecule has 0 aromatic rings. The van der Waals surface area contributed by atoms with Gasteiger partial charge in [0.25, 0.3) is 5.91 Å². The molecule has 128 valence electrons. The predicted octanol–water partition coefficient (Wildman–Crippen LogP) is 3.18. The minimum Gasteiger partial charge on any atom is -0.455 e. The van der Waals surface area contributed by atoms with E-state index in [4.69, 9.17) is 4.74 Å². The molecule has 0 saturated heterocycles. The zero-order valence-corrected chi connectivity index (χ0v) is 15.4. The number of hydrogen-bond acceptors (Lipinski definition) is 3. The van der Waals surface area contributed by atoms with Crippen LogP contribution in [0.15, 0.2) is 0 Å². The third-order valence-corrected chi connectivity index (χ3v) is 7.40. The molecule has 4 bridgehead atoms. The van der Waals surface area contributed by atoms with Gasteiger partial charge in [-0.1, -0.05) is 15.9 Å². The molecule has 1 N–H and O–H groups in total. The van der Waals surface area contributed by atoms with Crippen LogP contribution < -0.4 is 5.32 Å². The van der Waals surface area contributed by atoms with Gasteiger partial charge >= 0.3 is 5.97 Å². The number of halogens is 1. The number of nitrogens with one attached hydrogen (secondary N) is 1. The monoisotopic (exact) mass is 383 g/mol. The van der Waals surface area contributed by atoms with Gasteiger partial charge in [-0.05, 0) is 76.0 Å². The Hall–Kier alpha value is -0.580. The molecular weight excluding hydrogens is 358 g/mol. The van der Waals surface area contributed by atoms with E-state index < -0.39 is 0 Å². The van der Waals surface area contributed by atoms with Gasteiger partial charge in [-0.25, -0.2) is 0 Å². The molecule has 0 aliphatic heterocycles. The largest absolute Gasteiger partial charge is 0.455 e.